The quantitative estimate of drug-likeness (QED) is 0.176. The van der Waals surface area contributed by atoms with Gasteiger partial charge >= 0.3 is 0 Å². The molecule has 1 aliphatic heterocycles. The number of anilines is 3. The molecule has 1 aliphatic rings. The Hall–Kier alpha value is -3.37. The lowest BCUT2D eigenvalue weighted by Gasteiger charge is -2.37. The molecule has 4 aromatic rings. The fraction of sp³-hybridized carbons (Fsp3) is 0.160. The molecule has 4 nitrogen and oxygen atoms in total. The van der Waals surface area contributed by atoms with Crippen LogP contribution in [0.2, 0.25) is 5.02 Å². The lowest BCUT2D eigenvalue weighted by molar-refractivity contribution is 0.103. The van der Waals surface area contributed by atoms with Crippen molar-refractivity contribution in [3.05, 3.63) is 87.5 Å². The molecule has 1 aromatic heterocycles. The second kappa shape index (κ2) is 9.59. The third-order valence-corrected chi connectivity index (χ3v) is 7.69. The number of thiophene rings is 1. The maximum Gasteiger partial charge on any atom is 0.267 e. The molecule has 11 heteroatoms. The van der Waals surface area contributed by atoms with Gasteiger partial charge in [-0.25, -0.2) is 22.0 Å². The predicted molar refractivity (Wildman–Crippen MR) is 132 cm³/mol. The summed E-state index contributed by atoms with van der Waals surface area (Å²) < 4.78 is 69.7. The van der Waals surface area contributed by atoms with Gasteiger partial charge in [0.1, 0.15) is 10.6 Å². The molecule has 36 heavy (non-hydrogen) atoms. The number of hydrogen-bond donors (Lipinski definition) is 1. The number of nitrogens with one attached hydrogen (secondary N) is 1. The van der Waals surface area contributed by atoms with Gasteiger partial charge in [0.2, 0.25) is 5.82 Å². The number of halogens is 6. The summed E-state index contributed by atoms with van der Waals surface area (Å²) in [7, 11) is 0. The lowest BCUT2D eigenvalue weighted by Crippen LogP contribution is -2.47. The third-order valence-electron chi connectivity index (χ3n) is 6.01. The second-order valence-electron chi connectivity index (χ2n) is 8.13. The standard InChI is InChI=1S/C25H17ClF5N3OS/c26-17-15-3-1-2-4-16(15)36-24(17)25(35)32-13-5-7-14(8-6-13)33-9-11-34(12-10-33)23-21(30)19(28)18(27)20(29)22(23)31/h1-8H,9-12H2,(H,32,35). The molecular weight excluding hydrogens is 521 g/mol. The monoisotopic (exact) mass is 537 g/mol. The Morgan fingerprint density at radius 2 is 1.33 bits per heavy atom. The minimum atomic E-state index is -2.17. The Bertz CT molecular complexity index is 1440. The first-order valence-corrected chi connectivity index (χ1v) is 12.1. The normalized spacial score (nSPS) is 13.9. The van der Waals surface area contributed by atoms with Crippen molar-refractivity contribution in [2.45, 2.75) is 0 Å². The van der Waals surface area contributed by atoms with Gasteiger partial charge in [-0.1, -0.05) is 29.8 Å². The van der Waals surface area contributed by atoms with E-state index in [1.165, 1.54) is 11.3 Å². The van der Waals surface area contributed by atoms with Gasteiger partial charge in [-0.05, 0) is 30.3 Å². The van der Waals surface area contributed by atoms with Gasteiger partial charge in [0.15, 0.2) is 23.3 Å². The highest BCUT2D eigenvalue weighted by atomic mass is 35.5. The van der Waals surface area contributed by atoms with Crippen molar-refractivity contribution in [1.82, 2.24) is 0 Å². The van der Waals surface area contributed by atoms with Crippen LogP contribution >= 0.6 is 22.9 Å². The van der Waals surface area contributed by atoms with Crippen molar-refractivity contribution >= 4 is 56.0 Å². The zero-order valence-corrected chi connectivity index (χ0v) is 20.0. The zero-order chi connectivity index (χ0) is 25.6. The average Bonchev–Trinajstić information content (AvgIpc) is 3.24. The zero-order valence-electron chi connectivity index (χ0n) is 18.4. The summed E-state index contributed by atoms with van der Waals surface area (Å²) in [6.45, 7) is 0.702. The minimum absolute atomic E-state index is 0.0568. The predicted octanol–water partition coefficient (Wildman–Crippen LogP) is 6.83. The molecule has 5 rings (SSSR count). The molecule has 3 aromatic carbocycles. The van der Waals surface area contributed by atoms with E-state index in [-0.39, 0.29) is 19.0 Å². The van der Waals surface area contributed by atoms with Gasteiger partial charge < -0.3 is 15.1 Å². The summed E-state index contributed by atoms with van der Waals surface area (Å²) in [4.78, 5) is 16.2. The van der Waals surface area contributed by atoms with E-state index < -0.39 is 34.8 Å². The van der Waals surface area contributed by atoms with Crippen LogP contribution < -0.4 is 15.1 Å². The number of carbonyl (C=O) groups excluding carboxylic acids is 1. The Morgan fingerprint density at radius 1 is 0.778 bits per heavy atom. The first-order chi connectivity index (χ1) is 17.3. The summed E-state index contributed by atoms with van der Waals surface area (Å²) in [6, 6.07) is 14.4. The van der Waals surface area contributed by atoms with E-state index in [1.807, 2.05) is 29.2 Å². The number of benzene rings is 3. The molecule has 1 amide bonds. The maximum absolute atomic E-state index is 14.1. The molecule has 0 unspecified atom stereocenters. The maximum atomic E-state index is 14.1. The van der Waals surface area contributed by atoms with Crippen molar-refractivity contribution in [2.24, 2.45) is 0 Å². The van der Waals surface area contributed by atoms with Gasteiger partial charge in [0.05, 0.1) is 5.02 Å². The minimum Gasteiger partial charge on any atom is -0.368 e. The fourth-order valence-corrected chi connectivity index (χ4v) is 5.57. The summed E-state index contributed by atoms with van der Waals surface area (Å²) >= 11 is 7.68. The molecule has 2 heterocycles. The summed E-state index contributed by atoms with van der Waals surface area (Å²) in [5.41, 5.74) is 0.422. The highest BCUT2D eigenvalue weighted by Crippen LogP contribution is 2.36. The van der Waals surface area contributed by atoms with E-state index in [9.17, 15) is 26.7 Å². The van der Waals surface area contributed by atoms with Crippen molar-refractivity contribution < 1.29 is 26.7 Å². The van der Waals surface area contributed by atoms with Crippen LogP contribution in [-0.2, 0) is 0 Å². The highest BCUT2D eigenvalue weighted by Gasteiger charge is 2.30. The summed E-state index contributed by atoms with van der Waals surface area (Å²) in [5, 5.41) is 4.04. The number of nitrogens with zero attached hydrogens (tertiary/aromatic N) is 2. The SMILES string of the molecule is O=C(Nc1ccc(N2CCN(c3c(F)c(F)c(F)c(F)c3F)CC2)cc1)c1sc2ccccc2c1Cl. The van der Waals surface area contributed by atoms with Crippen molar-refractivity contribution in [3.63, 3.8) is 0 Å². The molecule has 1 saturated heterocycles. The van der Waals surface area contributed by atoms with E-state index in [1.54, 1.807) is 24.3 Å². The van der Waals surface area contributed by atoms with E-state index in [0.29, 0.717) is 28.7 Å². The van der Waals surface area contributed by atoms with Crippen LogP contribution in [0.3, 0.4) is 0 Å². The van der Waals surface area contributed by atoms with E-state index in [2.05, 4.69) is 5.32 Å². The number of amides is 1. The largest absolute Gasteiger partial charge is 0.368 e. The Balaban J connectivity index is 1.25. The van der Waals surface area contributed by atoms with Crippen molar-refractivity contribution in [3.8, 4) is 0 Å². The Morgan fingerprint density at radius 3 is 1.94 bits per heavy atom. The fourth-order valence-electron chi connectivity index (χ4n) is 4.16. The van der Waals surface area contributed by atoms with Gasteiger partial charge in [0, 0.05) is 47.6 Å². The Kier molecular flexibility index (Phi) is 6.48. The first-order valence-electron chi connectivity index (χ1n) is 10.9. The number of hydrogen-bond acceptors (Lipinski definition) is 4. The number of rotatable bonds is 4. The van der Waals surface area contributed by atoms with E-state index in [0.717, 1.165) is 20.7 Å². The topological polar surface area (TPSA) is 35.6 Å². The van der Waals surface area contributed by atoms with Gasteiger partial charge in [0.25, 0.3) is 5.91 Å². The van der Waals surface area contributed by atoms with Crippen LogP contribution in [-0.4, -0.2) is 32.1 Å². The van der Waals surface area contributed by atoms with Gasteiger partial charge in [-0.3, -0.25) is 4.79 Å². The molecule has 0 saturated carbocycles. The van der Waals surface area contributed by atoms with Crippen LogP contribution in [0.5, 0.6) is 0 Å². The lowest BCUT2D eigenvalue weighted by atomic mass is 10.2. The number of piperazine rings is 1. The third kappa shape index (κ3) is 4.24. The van der Waals surface area contributed by atoms with E-state index in [4.69, 9.17) is 11.6 Å². The molecular formula is C25H17ClF5N3OS. The first kappa shape index (κ1) is 24.3. The molecule has 0 bridgehead atoms. The number of fused-ring (bicyclic) bond motifs is 1. The smallest absolute Gasteiger partial charge is 0.267 e. The van der Waals surface area contributed by atoms with Gasteiger partial charge in [-0.15, -0.1) is 11.3 Å². The van der Waals surface area contributed by atoms with Crippen molar-refractivity contribution in [2.75, 3.05) is 41.3 Å². The molecule has 186 valence electrons. The van der Waals surface area contributed by atoms with Crippen LogP contribution in [0.1, 0.15) is 9.67 Å². The second-order valence-corrected chi connectivity index (χ2v) is 9.57. The molecule has 0 atom stereocenters. The van der Waals surface area contributed by atoms with Crippen LogP contribution in [0.15, 0.2) is 48.5 Å². The summed E-state index contributed by atoms with van der Waals surface area (Å²) in [6.07, 6.45) is 0. The molecule has 0 aliphatic carbocycles. The summed E-state index contributed by atoms with van der Waals surface area (Å²) in [5.74, 6) is -10.1. The van der Waals surface area contributed by atoms with Crippen molar-refractivity contribution in [1.29, 1.82) is 0 Å². The van der Waals surface area contributed by atoms with Crippen LogP contribution in [0.25, 0.3) is 10.1 Å². The molecule has 0 spiro atoms. The van der Waals surface area contributed by atoms with E-state index >= 15 is 0 Å². The molecule has 0 radical (unpaired) electrons. The number of carbonyl (C=O) groups is 1. The van der Waals surface area contributed by atoms with Crippen LogP contribution in [0, 0.1) is 29.1 Å². The van der Waals surface area contributed by atoms with Gasteiger partial charge in [-0.2, -0.15) is 0 Å². The molecule has 1 fully saturated rings. The van der Waals surface area contributed by atoms with Crippen LogP contribution in [0.4, 0.5) is 39.0 Å². The Labute approximate surface area is 211 Å². The average molecular weight is 538 g/mol. The highest BCUT2D eigenvalue weighted by molar-refractivity contribution is 7.21. The molecule has 1 N–H and O–H groups in total.